The number of rotatable bonds is 5. The van der Waals surface area contributed by atoms with Crippen LogP contribution >= 0.6 is 0 Å². The maximum atomic E-state index is 12.3. The standard InChI is InChI=1S/C13H20N2O4S/c1-8-7-9(2)13(10(3)12(8)14)20(17,18)15-6-5-11(16)19-4/h7,15H,5-6,14H2,1-4H3. The van der Waals surface area contributed by atoms with Crippen LogP contribution in [0.2, 0.25) is 0 Å². The molecule has 0 saturated heterocycles. The van der Waals surface area contributed by atoms with Crippen molar-refractivity contribution in [3.63, 3.8) is 0 Å². The van der Waals surface area contributed by atoms with E-state index in [0.29, 0.717) is 16.8 Å². The fraction of sp³-hybridized carbons (Fsp3) is 0.462. The number of hydrogen-bond acceptors (Lipinski definition) is 5. The largest absolute Gasteiger partial charge is 0.469 e. The molecule has 0 aliphatic rings. The summed E-state index contributed by atoms with van der Waals surface area (Å²) in [6.07, 6.45) is -0.0187. The van der Waals surface area contributed by atoms with Crippen molar-refractivity contribution in [2.24, 2.45) is 0 Å². The number of anilines is 1. The minimum Gasteiger partial charge on any atom is -0.469 e. The second-order valence-electron chi connectivity index (χ2n) is 4.60. The number of aryl methyl sites for hydroxylation is 2. The summed E-state index contributed by atoms with van der Waals surface area (Å²) < 4.78 is 31.4. The fourth-order valence-corrected chi connectivity index (χ4v) is 3.57. The van der Waals surface area contributed by atoms with Crippen LogP contribution in [0.3, 0.4) is 0 Å². The summed E-state index contributed by atoms with van der Waals surface area (Å²) in [6.45, 7) is 5.20. The number of hydrogen-bond donors (Lipinski definition) is 2. The van der Waals surface area contributed by atoms with Crippen molar-refractivity contribution in [1.82, 2.24) is 4.72 Å². The van der Waals surface area contributed by atoms with E-state index in [1.165, 1.54) is 7.11 Å². The molecule has 0 radical (unpaired) electrons. The lowest BCUT2D eigenvalue weighted by Gasteiger charge is -2.15. The van der Waals surface area contributed by atoms with Crippen molar-refractivity contribution in [2.45, 2.75) is 32.1 Å². The molecule has 6 nitrogen and oxygen atoms in total. The number of benzene rings is 1. The lowest BCUT2D eigenvalue weighted by atomic mass is 10.1. The first-order valence-corrected chi connectivity index (χ1v) is 7.61. The molecule has 0 aliphatic carbocycles. The van der Waals surface area contributed by atoms with E-state index in [2.05, 4.69) is 9.46 Å². The lowest BCUT2D eigenvalue weighted by molar-refractivity contribution is -0.140. The van der Waals surface area contributed by atoms with Gasteiger partial charge < -0.3 is 10.5 Å². The van der Waals surface area contributed by atoms with Crippen molar-refractivity contribution in [1.29, 1.82) is 0 Å². The van der Waals surface area contributed by atoms with Crippen LogP contribution in [0, 0.1) is 20.8 Å². The van der Waals surface area contributed by atoms with E-state index in [4.69, 9.17) is 5.73 Å². The second kappa shape index (κ2) is 6.23. The van der Waals surface area contributed by atoms with Gasteiger partial charge in [-0.05, 0) is 37.5 Å². The van der Waals surface area contributed by atoms with Crippen LogP contribution in [0.25, 0.3) is 0 Å². The average molecular weight is 300 g/mol. The van der Waals surface area contributed by atoms with E-state index in [1.54, 1.807) is 19.9 Å². The summed E-state index contributed by atoms with van der Waals surface area (Å²) in [7, 11) is -2.45. The van der Waals surface area contributed by atoms with Gasteiger partial charge in [0.15, 0.2) is 0 Å². The van der Waals surface area contributed by atoms with Crippen LogP contribution < -0.4 is 10.5 Å². The van der Waals surface area contributed by atoms with Gasteiger partial charge in [-0.2, -0.15) is 0 Å². The number of nitrogen functional groups attached to an aromatic ring is 1. The summed E-state index contributed by atoms with van der Waals surface area (Å²) >= 11 is 0. The number of sulfonamides is 1. The third kappa shape index (κ3) is 3.49. The zero-order valence-electron chi connectivity index (χ0n) is 12.1. The van der Waals surface area contributed by atoms with E-state index in [1.807, 2.05) is 6.92 Å². The summed E-state index contributed by atoms with van der Waals surface area (Å²) in [5, 5.41) is 0. The Labute approximate surface area is 119 Å². The monoisotopic (exact) mass is 300 g/mol. The first-order chi connectivity index (χ1) is 9.20. The maximum Gasteiger partial charge on any atom is 0.306 e. The van der Waals surface area contributed by atoms with Gasteiger partial charge in [0.05, 0.1) is 18.4 Å². The summed E-state index contributed by atoms with van der Waals surface area (Å²) in [5.74, 6) is -0.468. The Kier molecular flexibility index (Phi) is 5.13. The number of methoxy groups -OCH3 is 1. The average Bonchev–Trinajstić information content (AvgIpc) is 2.35. The van der Waals surface area contributed by atoms with Gasteiger partial charge in [-0.25, -0.2) is 13.1 Å². The molecule has 0 spiro atoms. The minimum absolute atomic E-state index is 0.0122. The van der Waals surface area contributed by atoms with E-state index in [-0.39, 0.29) is 17.9 Å². The smallest absolute Gasteiger partial charge is 0.306 e. The SMILES string of the molecule is COC(=O)CCNS(=O)(=O)c1c(C)cc(C)c(N)c1C. The predicted octanol–water partition coefficient (Wildman–Crippen LogP) is 1.04. The fourth-order valence-electron chi connectivity index (χ4n) is 2.06. The van der Waals surface area contributed by atoms with Gasteiger partial charge in [0.2, 0.25) is 10.0 Å². The molecule has 0 heterocycles. The highest BCUT2D eigenvalue weighted by Crippen LogP contribution is 2.27. The lowest BCUT2D eigenvalue weighted by Crippen LogP contribution is -2.28. The molecule has 0 bridgehead atoms. The Balaban J connectivity index is 3.05. The Hall–Kier alpha value is -1.60. The molecule has 0 atom stereocenters. The van der Waals surface area contributed by atoms with Crippen LogP contribution in [0.15, 0.2) is 11.0 Å². The van der Waals surface area contributed by atoms with Gasteiger partial charge in [0, 0.05) is 12.2 Å². The van der Waals surface area contributed by atoms with Gasteiger partial charge >= 0.3 is 5.97 Å². The van der Waals surface area contributed by atoms with Gasteiger partial charge in [-0.3, -0.25) is 4.79 Å². The molecule has 20 heavy (non-hydrogen) atoms. The first kappa shape index (κ1) is 16.5. The van der Waals surface area contributed by atoms with Crippen molar-refractivity contribution >= 4 is 21.7 Å². The quantitative estimate of drug-likeness (QED) is 0.625. The number of ether oxygens (including phenoxy) is 1. The van der Waals surface area contributed by atoms with Crippen molar-refractivity contribution < 1.29 is 17.9 Å². The topological polar surface area (TPSA) is 98.5 Å². The van der Waals surface area contributed by atoms with Crippen LogP contribution in [0.1, 0.15) is 23.1 Å². The molecule has 7 heteroatoms. The Morgan fingerprint density at radius 3 is 2.45 bits per heavy atom. The third-order valence-corrected chi connectivity index (χ3v) is 4.83. The summed E-state index contributed by atoms with van der Waals surface area (Å²) in [4.78, 5) is 11.2. The van der Waals surface area contributed by atoms with E-state index in [0.717, 1.165) is 5.56 Å². The molecule has 112 valence electrons. The highest BCUT2D eigenvalue weighted by atomic mass is 32.2. The molecule has 0 amide bonds. The normalized spacial score (nSPS) is 11.4. The highest BCUT2D eigenvalue weighted by Gasteiger charge is 2.21. The van der Waals surface area contributed by atoms with E-state index in [9.17, 15) is 13.2 Å². The molecule has 0 aliphatic heterocycles. The number of carbonyl (C=O) groups excluding carboxylic acids is 1. The third-order valence-electron chi connectivity index (χ3n) is 3.08. The first-order valence-electron chi connectivity index (χ1n) is 6.13. The Bertz CT molecular complexity index is 624. The molecule has 0 unspecified atom stereocenters. The van der Waals surface area contributed by atoms with Gasteiger partial charge in [0.25, 0.3) is 0 Å². The minimum atomic E-state index is -3.70. The summed E-state index contributed by atoms with van der Waals surface area (Å²) in [6, 6.07) is 1.73. The predicted molar refractivity (Wildman–Crippen MR) is 76.9 cm³/mol. The van der Waals surface area contributed by atoms with Crippen LogP contribution in [0.4, 0.5) is 5.69 Å². The zero-order chi connectivity index (χ0) is 15.5. The zero-order valence-corrected chi connectivity index (χ0v) is 12.9. The van der Waals surface area contributed by atoms with Gasteiger partial charge in [-0.1, -0.05) is 6.07 Å². The van der Waals surface area contributed by atoms with Gasteiger partial charge in [0.1, 0.15) is 0 Å². The Morgan fingerprint density at radius 2 is 1.90 bits per heavy atom. The summed E-state index contributed by atoms with van der Waals surface area (Å²) in [5.41, 5.74) is 8.33. The molecule has 1 rings (SSSR count). The van der Waals surface area contributed by atoms with E-state index >= 15 is 0 Å². The number of nitrogens with one attached hydrogen (secondary N) is 1. The van der Waals surface area contributed by atoms with Crippen LogP contribution in [0.5, 0.6) is 0 Å². The van der Waals surface area contributed by atoms with Gasteiger partial charge in [-0.15, -0.1) is 0 Å². The maximum absolute atomic E-state index is 12.3. The molecule has 1 aromatic rings. The molecule has 1 aromatic carbocycles. The molecule has 0 fully saturated rings. The molecule has 0 aromatic heterocycles. The number of esters is 1. The van der Waals surface area contributed by atoms with Crippen molar-refractivity contribution in [3.8, 4) is 0 Å². The van der Waals surface area contributed by atoms with Crippen LogP contribution in [-0.2, 0) is 19.6 Å². The van der Waals surface area contributed by atoms with Crippen molar-refractivity contribution in [2.75, 3.05) is 19.4 Å². The molecule has 3 N–H and O–H groups in total. The molecule has 0 saturated carbocycles. The highest BCUT2D eigenvalue weighted by molar-refractivity contribution is 7.89. The second-order valence-corrected chi connectivity index (χ2v) is 6.31. The van der Waals surface area contributed by atoms with Crippen molar-refractivity contribution in [3.05, 3.63) is 22.8 Å². The molecular weight excluding hydrogens is 280 g/mol. The van der Waals surface area contributed by atoms with Crippen LogP contribution in [-0.4, -0.2) is 28.0 Å². The Morgan fingerprint density at radius 1 is 1.30 bits per heavy atom. The number of nitrogens with two attached hydrogens (primary N) is 1. The number of carbonyl (C=O) groups is 1. The van der Waals surface area contributed by atoms with E-state index < -0.39 is 16.0 Å². The molecular formula is C13H20N2O4S.